The van der Waals surface area contributed by atoms with Crippen molar-refractivity contribution in [1.29, 1.82) is 0 Å². The quantitative estimate of drug-likeness (QED) is 0.853. The van der Waals surface area contributed by atoms with Gasteiger partial charge in [0.2, 0.25) is 5.91 Å². The molecular formula is C18H21NO4. The molecule has 0 saturated heterocycles. The summed E-state index contributed by atoms with van der Waals surface area (Å²) in [6.07, 6.45) is 0.260. The molecule has 0 aliphatic carbocycles. The average molecular weight is 315 g/mol. The molecule has 0 spiro atoms. The molecule has 2 aromatic rings. The molecule has 0 heterocycles. The smallest absolute Gasteiger partial charge is 0.224 e. The van der Waals surface area contributed by atoms with Crippen LogP contribution < -0.4 is 19.5 Å². The van der Waals surface area contributed by atoms with Gasteiger partial charge in [-0.15, -0.1) is 0 Å². The van der Waals surface area contributed by atoms with E-state index < -0.39 is 0 Å². The predicted octanol–water partition coefficient (Wildman–Crippen LogP) is 2.57. The third kappa shape index (κ3) is 4.39. The highest BCUT2D eigenvalue weighted by atomic mass is 16.5. The van der Waals surface area contributed by atoms with E-state index in [0.29, 0.717) is 18.0 Å². The summed E-state index contributed by atoms with van der Waals surface area (Å²) in [4.78, 5) is 12.2. The summed E-state index contributed by atoms with van der Waals surface area (Å²) in [5.41, 5.74) is 1.71. The second-order valence-corrected chi connectivity index (χ2v) is 4.94. The summed E-state index contributed by atoms with van der Waals surface area (Å²) in [7, 11) is 4.80. The molecule has 0 atom stereocenters. The first-order valence-electron chi connectivity index (χ1n) is 7.27. The molecule has 0 aromatic heterocycles. The lowest BCUT2D eigenvalue weighted by Gasteiger charge is -2.12. The second kappa shape index (κ2) is 8.08. The Morgan fingerprint density at radius 2 is 1.61 bits per heavy atom. The third-order valence-electron chi connectivity index (χ3n) is 3.51. The van der Waals surface area contributed by atoms with Gasteiger partial charge < -0.3 is 19.5 Å². The Labute approximate surface area is 136 Å². The van der Waals surface area contributed by atoms with Gasteiger partial charge in [0.05, 0.1) is 27.8 Å². The number of benzene rings is 2. The van der Waals surface area contributed by atoms with Gasteiger partial charge >= 0.3 is 0 Å². The van der Waals surface area contributed by atoms with Crippen molar-refractivity contribution < 1.29 is 19.0 Å². The monoisotopic (exact) mass is 315 g/mol. The molecule has 0 unspecified atom stereocenters. The van der Waals surface area contributed by atoms with Crippen LogP contribution in [-0.4, -0.2) is 27.2 Å². The Kier molecular flexibility index (Phi) is 5.86. The van der Waals surface area contributed by atoms with Crippen LogP contribution in [0.3, 0.4) is 0 Å². The van der Waals surface area contributed by atoms with Gasteiger partial charge in [0.15, 0.2) is 0 Å². The van der Waals surface area contributed by atoms with E-state index in [1.165, 1.54) is 0 Å². The highest BCUT2D eigenvalue weighted by molar-refractivity contribution is 5.79. The van der Waals surface area contributed by atoms with Gasteiger partial charge in [0.1, 0.15) is 17.2 Å². The Balaban J connectivity index is 2.02. The second-order valence-electron chi connectivity index (χ2n) is 4.94. The summed E-state index contributed by atoms with van der Waals surface area (Å²) in [5.74, 6) is 2.06. The van der Waals surface area contributed by atoms with Crippen molar-refractivity contribution >= 4 is 5.91 Å². The largest absolute Gasteiger partial charge is 0.497 e. The van der Waals surface area contributed by atoms with Crippen molar-refractivity contribution in [2.75, 3.05) is 21.3 Å². The highest BCUT2D eigenvalue weighted by Gasteiger charge is 2.10. The van der Waals surface area contributed by atoms with Crippen LogP contribution in [0.2, 0.25) is 0 Å². The van der Waals surface area contributed by atoms with Crippen LogP contribution in [-0.2, 0) is 17.8 Å². The van der Waals surface area contributed by atoms with Gasteiger partial charge in [-0.25, -0.2) is 0 Å². The molecule has 0 radical (unpaired) electrons. The fourth-order valence-corrected chi connectivity index (χ4v) is 2.30. The maximum absolute atomic E-state index is 12.2. The van der Waals surface area contributed by atoms with Crippen molar-refractivity contribution in [2.24, 2.45) is 0 Å². The Hall–Kier alpha value is -2.69. The molecule has 23 heavy (non-hydrogen) atoms. The van der Waals surface area contributed by atoms with E-state index in [2.05, 4.69) is 5.32 Å². The predicted molar refractivity (Wildman–Crippen MR) is 88.1 cm³/mol. The van der Waals surface area contributed by atoms with Crippen molar-refractivity contribution in [3.05, 3.63) is 53.6 Å². The fourth-order valence-electron chi connectivity index (χ4n) is 2.30. The molecule has 1 N–H and O–H groups in total. The van der Waals surface area contributed by atoms with Gasteiger partial charge in [-0.05, 0) is 24.3 Å². The topological polar surface area (TPSA) is 56.8 Å². The Morgan fingerprint density at radius 1 is 0.913 bits per heavy atom. The first kappa shape index (κ1) is 16.7. The van der Waals surface area contributed by atoms with Gasteiger partial charge in [0, 0.05) is 17.7 Å². The van der Waals surface area contributed by atoms with Crippen molar-refractivity contribution in [3.8, 4) is 17.2 Å². The first-order valence-corrected chi connectivity index (χ1v) is 7.27. The molecule has 2 rings (SSSR count). The van der Waals surface area contributed by atoms with Crippen LogP contribution in [0.4, 0.5) is 0 Å². The Morgan fingerprint density at radius 3 is 2.30 bits per heavy atom. The van der Waals surface area contributed by atoms with Crippen molar-refractivity contribution in [3.63, 3.8) is 0 Å². The third-order valence-corrected chi connectivity index (χ3v) is 3.51. The Bertz CT molecular complexity index is 670. The molecule has 0 fully saturated rings. The summed E-state index contributed by atoms with van der Waals surface area (Å²) in [5, 5.41) is 2.89. The van der Waals surface area contributed by atoms with Crippen LogP contribution in [0.15, 0.2) is 42.5 Å². The molecule has 0 aliphatic rings. The van der Waals surface area contributed by atoms with E-state index in [9.17, 15) is 4.79 Å². The normalized spacial score (nSPS) is 10.0. The lowest BCUT2D eigenvalue weighted by atomic mass is 10.1. The number of ether oxygens (including phenoxy) is 3. The number of methoxy groups -OCH3 is 3. The lowest BCUT2D eigenvalue weighted by molar-refractivity contribution is -0.120. The lowest BCUT2D eigenvalue weighted by Crippen LogP contribution is -2.25. The van der Waals surface area contributed by atoms with Crippen LogP contribution in [0.25, 0.3) is 0 Å². The van der Waals surface area contributed by atoms with Crippen molar-refractivity contribution in [2.45, 2.75) is 13.0 Å². The fraction of sp³-hybridized carbons (Fsp3) is 0.278. The van der Waals surface area contributed by atoms with Crippen molar-refractivity contribution in [1.82, 2.24) is 5.32 Å². The molecule has 1 amide bonds. The van der Waals surface area contributed by atoms with Crippen LogP contribution in [0, 0.1) is 0 Å². The summed E-state index contributed by atoms with van der Waals surface area (Å²) < 4.78 is 15.8. The molecular weight excluding hydrogens is 294 g/mol. The average Bonchev–Trinajstić information content (AvgIpc) is 2.60. The zero-order valence-electron chi connectivity index (χ0n) is 13.6. The molecule has 5 heteroatoms. The zero-order valence-corrected chi connectivity index (χ0v) is 13.6. The summed E-state index contributed by atoms with van der Waals surface area (Å²) >= 11 is 0. The summed E-state index contributed by atoms with van der Waals surface area (Å²) in [6, 6.07) is 13.0. The number of rotatable bonds is 7. The number of hydrogen-bond donors (Lipinski definition) is 1. The minimum Gasteiger partial charge on any atom is -0.497 e. The zero-order chi connectivity index (χ0) is 16.7. The van der Waals surface area contributed by atoms with Gasteiger partial charge in [0.25, 0.3) is 0 Å². The van der Waals surface area contributed by atoms with Crippen LogP contribution in [0.1, 0.15) is 11.1 Å². The van der Waals surface area contributed by atoms with E-state index in [-0.39, 0.29) is 12.3 Å². The van der Waals surface area contributed by atoms with Gasteiger partial charge in [-0.2, -0.15) is 0 Å². The number of carbonyl (C=O) groups excluding carboxylic acids is 1. The number of para-hydroxylation sites is 1. The van der Waals surface area contributed by atoms with E-state index in [1.807, 2.05) is 42.5 Å². The highest BCUT2D eigenvalue weighted by Crippen LogP contribution is 2.24. The molecule has 2 aromatic carbocycles. The minimum atomic E-state index is -0.0839. The molecule has 5 nitrogen and oxygen atoms in total. The maximum atomic E-state index is 12.2. The maximum Gasteiger partial charge on any atom is 0.224 e. The van der Waals surface area contributed by atoms with Crippen LogP contribution in [0.5, 0.6) is 17.2 Å². The SMILES string of the molecule is COc1ccc(OC)c(CNC(=O)Cc2ccccc2OC)c1. The van der Waals surface area contributed by atoms with Crippen LogP contribution >= 0.6 is 0 Å². The number of hydrogen-bond acceptors (Lipinski definition) is 4. The number of amides is 1. The van der Waals surface area contributed by atoms with E-state index >= 15 is 0 Å². The van der Waals surface area contributed by atoms with E-state index in [4.69, 9.17) is 14.2 Å². The number of nitrogens with one attached hydrogen (secondary N) is 1. The first-order chi connectivity index (χ1) is 11.2. The van der Waals surface area contributed by atoms with E-state index in [1.54, 1.807) is 21.3 Å². The molecule has 0 saturated carbocycles. The van der Waals surface area contributed by atoms with Gasteiger partial charge in [-0.1, -0.05) is 18.2 Å². The minimum absolute atomic E-state index is 0.0839. The molecule has 0 bridgehead atoms. The summed E-state index contributed by atoms with van der Waals surface area (Å²) in [6.45, 7) is 0.369. The molecule has 0 aliphatic heterocycles. The molecule has 122 valence electrons. The standard InChI is InChI=1S/C18H21NO4/c1-21-15-8-9-17(23-3)14(10-15)12-19-18(20)11-13-6-4-5-7-16(13)22-2/h4-10H,11-12H2,1-3H3,(H,19,20). The van der Waals surface area contributed by atoms with E-state index in [0.717, 1.165) is 16.9 Å². The number of carbonyl (C=O) groups is 1. The van der Waals surface area contributed by atoms with Gasteiger partial charge in [-0.3, -0.25) is 4.79 Å².